The van der Waals surface area contributed by atoms with Gasteiger partial charge in [-0.05, 0) is 53.8 Å². The molecule has 1 aromatic heterocycles. The standard InChI is InChI=1S/C36H29F3N2O5/c37-36(38,39)46-28-14-7-13-26(21-28)40-33-30-22-27(45-23-24-9-2-1-3-10-24)17-18-31(30)41(34(33)35(42)43)19-8-20-44-32-16-6-12-25-11-4-5-15-29(25)32/h1-7,9-18,21-22,40H,8,19-20,23H2,(H,42,43). The fraction of sp³-hybridized carbons (Fsp3) is 0.139. The highest BCUT2D eigenvalue weighted by atomic mass is 19.4. The Balaban J connectivity index is 1.31. The maximum Gasteiger partial charge on any atom is 0.573 e. The Morgan fingerprint density at radius 1 is 0.783 bits per heavy atom. The maximum absolute atomic E-state index is 12.9. The van der Waals surface area contributed by atoms with E-state index in [-0.39, 0.29) is 17.1 Å². The topological polar surface area (TPSA) is 82.0 Å². The van der Waals surface area contributed by atoms with E-state index in [4.69, 9.17) is 9.47 Å². The molecule has 0 fully saturated rings. The highest BCUT2D eigenvalue weighted by Gasteiger charge is 2.31. The first kappa shape index (κ1) is 30.4. The van der Waals surface area contributed by atoms with Crippen molar-refractivity contribution < 1.29 is 37.3 Å². The molecular weight excluding hydrogens is 597 g/mol. The van der Waals surface area contributed by atoms with Crippen LogP contribution in [0.5, 0.6) is 17.2 Å². The molecule has 0 aliphatic heterocycles. The summed E-state index contributed by atoms with van der Waals surface area (Å²) in [4.78, 5) is 12.8. The third-order valence-electron chi connectivity index (χ3n) is 7.36. The number of carboxylic acid groups (broad SMARTS) is 1. The second kappa shape index (κ2) is 13.2. The van der Waals surface area contributed by atoms with Crippen LogP contribution >= 0.6 is 0 Å². The zero-order chi connectivity index (χ0) is 32.1. The van der Waals surface area contributed by atoms with Gasteiger partial charge in [0.25, 0.3) is 0 Å². The van der Waals surface area contributed by atoms with Crippen LogP contribution in [-0.2, 0) is 13.2 Å². The minimum atomic E-state index is -4.88. The van der Waals surface area contributed by atoms with Gasteiger partial charge in [-0.1, -0.05) is 72.8 Å². The number of carboxylic acids is 1. The lowest BCUT2D eigenvalue weighted by Crippen LogP contribution is -2.17. The van der Waals surface area contributed by atoms with Crippen LogP contribution in [0.1, 0.15) is 22.5 Å². The maximum atomic E-state index is 12.9. The summed E-state index contributed by atoms with van der Waals surface area (Å²) < 4.78 is 56.6. The zero-order valence-electron chi connectivity index (χ0n) is 24.5. The van der Waals surface area contributed by atoms with E-state index < -0.39 is 18.1 Å². The molecule has 0 spiro atoms. The highest BCUT2D eigenvalue weighted by Crippen LogP contribution is 2.37. The number of anilines is 2. The molecule has 2 N–H and O–H groups in total. The van der Waals surface area contributed by atoms with E-state index >= 15 is 0 Å². The fourth-order valence-electron chi connectivity index (χ4n) is 5.39. The Morgan fingerprint density at radius 3 is 2.35 bits per heavy atom. The predicted octanol–water partition coefficient (Wildman–Crippen LogP) is 9.18. The lowest BCUT2D eigenvalue weighted by molar-refractivity contribution is -0.274. The largest absolute Gasteiger partial charge is 0.573 e. The molecule has 0 saturated carbocycles. The molecule has 234 valence electrons. The lowest BCUT2D eigenvalue weighted by atomic mass is 10.1. The molecule has 0 bridgehead atoms. The van der Waals surface area contributed by atoms with Gasteiger partial charge < -0.3 is 29.2 Å². The number of rotatable bonds is 12. The fourth-order valence-corrected chi connectivity index (χ4v) is 5.39. The van der Waals surface area contributed by atoms with Crippen molar-refractivity contribution in [2.45, 2.75) is 25.9 Å². The van der Waals surface area contributed by atoms with Crippen molar-refractivity contribution in [3.63, 3.8) is 0 Å². The number of nitrogens with one attached hydrogen (secondary N) is 1. The summed E-state index contributed by atoms with van der Waals surface area (Å²) in [5.74, 6) is -0.405. The van der Waals surface area contributed by atoms with Gasteiger partial charge in [0, 0.05) is 29.1 Å². The first-order valence-electron chi connectivity index (χ1n) is 14.5. The molecule has 5 aromatic carbocycles. The average molecular weight is 627 g/mol. The SMILES string of the molecule is O=C(O)c1c(Nc2cccc(OC(F)(F)F)c2)c2cc(OCc3ccccc3)ccc2n1CCCOc1cccc2ccccc12. The van der Waals surface area contributed by atoms with Crippen LogP contribution in [0.25, 0.3) is 21.7 Å². The van der Waals surface area contributed by atoms with Gasteiger partial charge in [-0.15, -0.1) is 13.2 Å². The average Bonchev–Trinajstić information content (AvgIpc) is 3.34. The Bertz CT molecular complexity index is 1980. The van der Waals surface area contributed by atoms with Crippen molar-refractivity contribution in [1.29, 1.82) is 0 Å². The minimum Gasteiger partial charge on any atom is -0.493 e. The van der Waals surface area contributed by atoms with Gasteiger partial charge >= 0.3 is 12.3 Å². The van der Waals surface area contributed by atoms with Crippen molar-refractivity contribution in [3.05, 3.63) is 127 Å². The summed E-state index contributed by atoms with van der Waals surface area (Å²) in [5, 5.41) is 16.0. The van der Waals surface area contributed by atoms with Gasteiger partial charge in [0.2, 0.25) is 0 Å². The van der Waals surface area contributed by atoms with Crippen LogP contribution < -0.4 is 19.5 Å². The smallest absolute Gasteiger partial charge is 0.493 e. The Morgan fingerprint density at radius 2 is 1.54 bits per heavy atom. The van der Waals surface area contributed by atoms with E-state index in [9.17, 15) is 23.1 Å². The molecule has 46 heavy (non-hydrogen) atoms. The molecule has 6 aromatic rings. The predicted molar refractivity (Wildman–Crippen MR) is 170 cm³/mol. The molecule has 0 amide bonds. The number of alkyl halides is 3. The molecular formula is C36H29F3N2O5. The monoisotopic (exact) mass is 626 g/mol. The summed E-state index contributed by atoms with van der Waals surface area (Å²) in [6.45, 7) is 0.917. The van der Waals surface area contributed by atoms with Gasteiger partial charge in [0.15, 0.2) is 5.69 Å². The molecule has 10 heteroatoms. The Kier molecular flexibility index (Phi) is 8.69. The molecule has 0 atom stereocenters. The van der Waals surface area contributed by atoms with E-state index in [1.807, 2.05) is 72.8 Å². The summed E-state index contributed by atoms with van der Waals surface area (Å²) in [6, 6.07) is 33.8. The van der Waals surface area contributed by atoms with Crippen molar-refractivity contribution in [2.75, 3.05) is 11.9 Å². The van der Waals surface area contributed by atoms with Crippen LogP contribution in [0.15, 0.2) is 115 Å². The van der Waals surface area contributed by atoms with Gasteiger partial charge in [0.1, 0.15) is 23.9 Å². The number of benzene rings is 5. The number of carbonyl (C=O) groups is 1. The summed E-state index contributed by atoms with van der Waals surface area (Å²) >= 11 is 0. The molecule has 0 radical (unpaired) electrons. The van der Waals surface area contributed by atoms with Crippen molar-refractivity contribution >= 4 is 39.0 Å². The van der Waals surface area contributed by atoms with Crippen LogP contribution in [0, 0.1) is 0 Å². The van der Waals surface area contributed by atoms with Crippen LogP contribution in [0.3, 0.4) is 0 Å². The third-order valence-corrected chi connectivity index (χ3v) is 7.36. The number of halogens is 3. The summed E-state index contributed by atoms with van der Waals surface area (Å²) in [5.41, 5.74) is 1.95. The number of nitrogens with zero attached hydrogens (tertiary/aromatic N) is 1. The number of ether oxygens (including phenoxy) is 3. The van der Waals surface area contributed by atoms with E-state index in [0.29, 0.717) is 42.8 Å². The normalized spacial score (nSPS) is 11.5. The second-order valence-electron chi connectivity index (χ2n) is 10.5. The number of hydrogen-bond acceptors (Lipinski definition) is 5. The summed E-state index contributed by atoms with van der Waals surface area (Å²) in [7, 11) is 0. The van der Waals surface area contributed by atoms with Gasteiger partial charge in [-0.25, -0.2) is 4.79 Å². The van der Waals surface area contributed by atoms with E-state index in [0.717, 1.165) is 28.2 Å². The van der Waals surface area contributed by atoms with Crippen LogP contribution in [-0.4, -0.2) is 28.6 Å². The van der Waals surface area contributed by atoms with Crippen molar-refractivity contribution in [3.8, 4) is 17.2 Å². The van der Waals surface area contributed by atoms with Crippen LogP contribution in [0.2, 0.25) is 0 Å². The molecule has 6 rings (SSSR count). The van der Waals surface area contributed by atoms with Gasteiger partial charge in [-0.2, -0.15) is 0 Å². The number of fused-ring (bicyclic) bond motifs is 2. The molecule has 0 unspecified atom stereocenters. The molecule has 1 heterocycles. The highest BCUT2D eigenvalue weighted by molar-refractivity contribution is 6.08. The van der Waals surface area contributed by atoms with E-state index in [1.54, 1.807) is 22.8 Å². The second-order valence-corrected chi connectivity index (χ2v) is 10.5. The Hall–Kier alpha value is -5.64. The first-order chi connectivity index (χ1) is 22.2. The number of aromatic nitrogens is 1. The molecule has 0 aliphatic rings. The van der Waals surface area contributed by atoms with Crippen LogP contribution in [0.4, 0.5) is 24.5 Å². The number of aryl methyl sites for hydroxylation is 1. The molecule has 0 saturated heterocycles. The van der Waals surface area contributed by atoms with E-state index in [2.05, 4.69) is 10.1 Å². The van der Waals surface area contributed by atoms with Gasteiger partial charge in [0.05, 0.1) is 17.8 Å². The quantitative estimate of drug-likeness (QED) is 0.132. The Labute approximate surface area is 262 Å². The van der Waals surface area contributed by atoms with Gasteiger partial charge in [-0.3, -0.25) is 0 Å². The molecule has 7 nitrogen and oxygen atoms in total. The third kappa shape index (κ3) is 7.02. The number of aromatic carboxylic acids is 1. The summed E-state index contributed by atoms with van der Waals surface area (Å²) in [6.07, 6.45) is -4.39. The molecule has 0 aliphatic carbocycles. The van der Waals surface area contributed by atoms with Crippen molar-refractivity contribution in [2.24, 2.45) is 0 Å². The van der Waals surface area contributed by atoms with Crippen molar-refractivity contribution in [1.82, 2.24) is 4.57 Å². The zero-order valence-corrected chi connectivity index (χ0v) is 24.5. The van der Waals surface area contributed by atoms with E-state index in [1.165, 1.54) is 18.2 Å². The lowest BCUT2D eigenvalue weighted by Gasteiger charge is -2.13. The first-order valence-corrected chi connectivity index (χ1v) is 14.5. The number of hydrogen-bond donors (Lipinski definition) is 2. The minimum absolute atomic E-state index is 0.0532.